The molecular weight excluding hydrogens is 226 g/mol. The molecule has 4 heteroatoms. The number of nitrogens with one attached hydrogen (secondary N) is 1. The number of aromatic hydroxyl groups is 1. The smallest absolute Gasteiger partial charge is 0.134 e. The van der Waals surface area contributed by atoms with Crippen LogP contribution in [-0.4, -0.2) is 36.3 Å². The number of piperidine rings is 1. The van der Waals surface area contributed by atoms with E-state index in [2.05, 4.69) is 15.2 Å². The van der Waals surface area contributed by atoms with Crippen molar-refractivity contribution in [2.45, 2.75) is 19.3 Å². The summed E-state index contributed by atoms with van der Waals surface area (Å²) in [5, 5.41) is 12.6. The van der Waals surface area contributed by atoms with Gasteiger partial charge in [0.1, 0.15) is 11.6 Å². The summed E-state index contributed by atoms with van der Waals surface area (Å²) in [5.41, 5.74) is 0. The van der Waals surface area contributed by atoms with E-state index in [0.29, 0.717) is 0 Å². The van der Waals surface area contributed by atoms with E-state index in [1.165, 1.54) is 38.5 Å². The highest BCUT2D eigenvalue weighted by Crippen LogP contribution is 2.30. The molecule has 0 unspecified atom stereocenters. The number of anilines is 1. The van der Waals surface area contributed by atoms with Crippen molar-refractivity contribution < 1.29 is 5.11 Å². The van der Waals surface area contributed by atoms with E-state index >= 15 is 0 Å². The molecule has 1 aromatic rings. The first-order valence-corrected chi connectivity index (χ1v) is 6.92. The zero-order valence-corrected chi connectivity index (χ0v) is 10.7. The zero-order chi connectivity index (χ0) is 12.4. The Balaban J connectivity index is 1.46. The third-order valence-electron chi connectivity index (χ3n) is 4.14. The van der Waals surface area contributed by atoms with Gasteiger partial charge in [-0.25, -0.2) is 4.98 Å². The summed E-state index contributed by atoms with van der Waals surface area (Å²) in [5.74, 6) is 3.00. The Morgan fingerprint density at radius 3 is 2.67 bits per heavy atom. The Hall–Kier alpha value is -1.29. The van der Waals surface area contributed by atoms with Gasteiger partial charge in [-0.2, -0.15) is 0 Å². The third-order valence-corrected chi connectivity index (χ3v) is 4.14. The van der Waals surface area contributed by atoms with Crippen molar-refractivity contribution in [2.75, 3.05) is 31.1 Å². The van der Waals surface area contributed by atoms with Gasteiger partial charge in [0, 0.05) is 13.1 Å². The van der Waals surface area contributed by atoms with E-state index in [0.717, 1.165) is 30.7 Å². The Bertz CT molecular complexity index is 381. The van der Waals surface area contributed by atoms with E-state index in [1.807, 2.05) is 6.07 Å². The van der Waals surface area contributed by atoms with Crippen LogP contribution in [-0.2, 0) is 0 Å². The molecule has 18 heavy (non-hydrogen) atoms. The molecule has 0 amide bonds. The molecule has 2 N–H and O–H groups in total. The lowest BCUT2D eigenvalue weighted by Gasteiger charge is -2.42. The molecule has 0 bridgehead atoms. The maximum Gasteiger partial charge on any atom is 0.134 e. The Kier molecular flexibility index (Phi) is 3.37. The van der Waals surface area contributed by atoms with Crippen molar-refractivity contribution in [1.29, 1.82) is 0 Å². The first-order chi connectivity index (χ1) is 8.81. The number of nitrogens with zero attached hydrogens (tertiary/aromatic N) is 2. The van der Waals surface area contributed by atoms with Crippen molar-refractivity contribution in [3.8, 4) is 5.75 Å². The lowest BCUT2D eigenvalue weighted by atomic mass is 9.84. The van der Waals surface area contributed by atoms with Crippen LogP contribution in [0.5, 0.6) is 5.75 Å². The summed E-state index contributed by atoms with van der Waals surface area (Å²) in [7, 11) is 0. The standard InChI is InChI=1S/C14H21N3O/c18-13-1-2-14(16-8-13)17-9-12(10-17)7-11-3-5-15-6-4-11/h1-2,8,11-12,15,18H,3-7,9-10H2. The van der Waals surface area contributed by atoms with Gasteiger partial charge in [0.25, 0.3) is 0 Å². The third kappa shape index (κ3) is 2.58. The molecule has 0 radical (unpaired) electrons. The summed E-state index contributed by atoms with van der Waals surface area (Å²) in [4.78, 5) is 6.54. The van der Waals surface area contributed by atoms with E-state index in [4.69, 9.17) is 0 Å². The second kappa shape index (κ2) is 5.14. The van der Waals surface area contributed by atoms with Crippen LogP contribution < -0.4 is 10.2 Å². The number of rotatable bonds is 3. The van der Waals surface area contributed by atoms with E-state index in [1.54, 1.807) is 6.07 Å². The molecule has 2 fully saturated rings. The fourth-order valence-electron chi connectivity index (χ4n) is 3.06. The van der Waals surface area contributed by atoms with Crippen molar-refractivity contribution in [2.24, 2.45) is 11.8 Å². The lowest BCUT2D eigenvalue weighted by Crippen LogP contribution is -2.48. The fourth-order valence-corrected chi connectivity index (χ4v) is 3.06. The predicted molar refractivity (Wildman–Crippen MR) is 71.8 cm³/mol. The van der Waals surface area contributed by atoms with Crippen LogP contribution in [0.4, 0.5) is 5.82 Å². The molecule has 2 saturated heterocycles. The molecule has 98 valence electrons. The van der Waals surface area contributed by atoms with Crippen LogP contribution in [0.15, 0.2) is 18.3 Å². The van der Waals surface area contributed by atoms with Crippen molar-refractivity contribution >= 4 is 5.82 Å². The average molecular weight is 247 g/mol. The Morgan fingerprint density at radius 2 is 2.00 bits per heavy atom. The topological polar surface area (TPSA) is 48.4 Å². The highest BCUT2D eigenvalue weighted by atomic mass is 16.3. The molecule has 2 aliphatic heterocycles. The fraction of sp³-hybridized carbons (Fsp3) is 0.643. The van der Waals surface area contributed by atoms with Crippen molar-refractivity contribution in [1.82, 2.24) is 10.3 Å². The summed E-state index contributed by atoms with van der Waals surface area (Å²) < 4.78 is 0. The minimum atomic E-state index is 0.241. The molecule has 3 heterocycles. The van der Waals surface area contributed by atoms with Gasteiger partial charge in [0.2, 0.25) is 0 Å². The van der Waals surface area contributed by atoms with E-state index in [9.17, 15) is 5.11 Å². The molecule has 2 aliphatic rings. The van der Waals surface area contributed by atoms with Gasteiger partial charge in [-0.05, 0) is 56.3 Å². The molecule has 4 nitrogen and oxygen atoms in total. The second-order valence-corrected chi connectivity index (χ2v) is 5.57. The van der Waals surface area contributed by atoms with Gasteiger partial charge in [-0.1, -0.05) is 0 Å². The summed E-state index contributed by atoms with van der Waals surface area (Å²) >= 11 is 0. The molecule has 1 aromatic heterocycles. The first-order valence-electron chi connectivity index (χ1n) is 6.92. The number of aromatic nitrogens is 1. The van der Waals surface area contributed by atoms with E-state index in [-0.39, 0.29) is 5.75 Å². The van der Waals surface area contributed by atoms with Crippen LogP contribution in [0.1, 0.15) is 19.3 Å². The minimum Gasteiger partial charge on any atom is -0.506 e. The van der Waals surface area contributed by atoms with Crippen LogP contribution in [0.3, 0.4) is 0 Å². The van der Waals surface area contributed by atoms with Crippen LogP contribution in [0.25, 0.3) is 0 Å². The van der Waals surface area contributed by atoms with Gasteiger partial charge < -0.3 is 15.3 Å². The normalized spacial score (nSPS) is 21.9. The highest BCUT2D eigenvalue weighted by Gasteiger charge is 2.30. The highest BCUT2D eigenvalue weighted by molar-refractivity contribution is 5.43. The Labute approximate surface area is 108 Å². The molecular formula is C14H21N3O. The predicted octanol–water partition coefficient (Wildman–Crippen LogP) is 1.61. The van der Waals surface area contributed by atoms with Crippen molar-refractivity contribution in [3.63, 3.8) is 0 Å². The summed E-state index contributed by atoms with van der Waals surface area (Å²) in [6.45, 7) is 4.64. The molecule has 0 spiro atoms. The molecule has 0 aliphatic carbocycles. The maximum absolute atomic E-state index is 9.21. The summed E-state index contributed by atoms with van der Waals surface area (Å²) in [6.07, 6.45) is 5.58. The second-order valence-electron chi connectivity index (χ2n) is 5.57. The first kappa shape index (κ1) is 11.8. The largest absolute Gasteiger partial charge is 0.506 e. The summed E-state index contributed by atoms with van der Waals surface area (Å²) in [6, 6.07) is 3.61. The molecule has 3 rings (SSSR count). The van der Waals surface area contributed by atoms with Crippen LogP contribution in [0, 0.1) is 11.8 Å². The maximum atomic E-state index is 9.21. The average Bonchev–Trinajstić information content (AvgIpc) is 2.36. The minimum absolute atomic E-state index is 0.241. The van der Waals surface area contributed by atoms with Gasteiger partial charge in [0.15, 0.2) is 0 Å². The zero-order valence-electron chi connectivity index (χ0n) is 10.7. The quantitative estimate of drug-likeness (QED) is 0.852. The molecule has 0 atom stereocenters. The van der Waals surface area contributed by atoms with Crippen LogP contribution >= 0.6 is 0 Å². The van der Waals surface area contributed by atoms with E-state index < -0.39 is 0 Å². The van der Waals surface area contributed by atoms with Gasteiger partial charge in [-0.15, -0.1) is 0 Å². The van der Waals surface area contributed by atoms with Crippen LogP contribution in [0.2, 0.25) is 0 Å². The van der Waals surface area contributed by atoms with Crippen molar-refractivity contribution in [3.05, 3.63) is 18.3 Å². The van der Waals surface area contributed by atoms with Gasteiger partial charge in [0.05, 0.1) is 6.20 Å². The monoisotopic (exact) mass is 247 g/mol. The number of hydrogen-bond donors (Lipinski definition) is 2. The van der Waals surface area contributed by atoms with Gasteiger partial charge in [-0.3, -0.25) is 0 Å². The number of pyridine rings is 1. The van der Waals surface area contributed by atoms with Gasteiger partial charge >= 0.3 is 0 Å². The number of hydrogen-bond acceptors (Lipinski definition) is 4. The SMILES string of the molecule is Oc1ccc(N2CC(CC3CCNCC3)C2)nc1. The lowest BCUT2D eigenvalue weighted by molar-refractivity contribution is 0.266. The Morgan fingerprint density at radius 1 is 1.22 bits per heavy atom. The molecule has 0 saturated carbocycles. The molecule has 0 aromatic carbocycles.